The fraction of sp³-hybridized carbons (Fsp3) is 0.242. The first-order valence-corrected chi connectivity index (χ1v) is 49.3. The van der Waals surface area contributed by atoms with Gasteiger partial charge in [0.05, 0.1) is 80.8 Å². The van der Waals surface area contributed by atoms with Crippen LogP contribution in [0.25, 0.3) is 45.0 Å². The van der Waals surface area contributed by atoms with Crippen LogP contribution in [0.15, 0.2) is 287 Å². The predicted molar refractivity (Wildman–Crippen MR) is 511 cm³/mol. The van der Waals surface area contributed by atoms with Crippen LogP contribution < -0.4 is 26.6 Å². The molecule has 4 aliphatic heterocycles. The maximum atomic E-state index is 13.0. The molecule has 4 aromatic heterocycles. The Morgan fingerprint density at radius 1 is 0.359 bits per heavy atom. The van der Waals surface area contributed by atoms with Crippen LogP contribution in [0.2, 0.25) is 20.1 Å². The summed E-state index contributed by atoms with van der Waals surface area (Å²) in [7, 11) is -14.5. The molecule has 4 amide bonds. The number of carbonyl (C=O) groups excluding carboxylic acids is 4. The number of piperidine rings is 1. The molecule has 4 unspecified atom stereocenters. The average Bonchev–Trinajstić information content (AvgIpc) is 0.789. The Hall–Kier alpha value is -11.1. The summed E-state index contributed by atoms with van der Waals surface area (Å²) in [6.45, 7) is 14.9. The molecule has 28 nitrogen and oxygen atoms in total. The van der Waals surface area contributed by atoms with Gasteiger partial charge in [-0.05, 0) is 265 Å². The first kappa shape index (κ1) is 97.4. The van der Waals surface area contributed by atoms with Crippen molar-refractivity contribution in [2.45, 2.75) is 97.4 Å². The molecule has 8 aromatic carbocycles. The standard InChI is InChI=1S/2C24H25ClN4O3S.C24H24ClN3O4S.C23H22ClN3O4S/c1-16-14-29(15-17(2)27-16)33(31,32)20-9-6-18(7-10-20)24(30)28-19-8-11-22(25)21(13-19)23-5-3-4-12-26-23;1-2-28-13-15-29(16-14-28)33(31,32)20-9-6-18(7-10-20)24(30)27-19-8-11-22(25)21(17-19)23-5-3-4-12-26-23;1-16-14-28(15-17(2)32-16)33(30,31)20-9-6-18(7-10-20)24(29)27-19-8-11-22(25)21(13-19)23-5-3-4-12-26-23;24-21-9-6-17(15-20(21)22-3-1-2-12-25-22)26-23(29)16-4-7-19(8-5-16)32(30,31)27-13-10-18(28)11-14-27/h3-13,16-17,27H,14-15H2,1-2H3,(H,28,30);3-12,17H,2,13-16H2,1H3,(H,27,30);3-13,16-17H,14-15H2,1-2H3,(H,27,29);1-9,12,15,18,28H,10-11,13-14H2,(H,26,29). The third-order valence-corrected chi connectivity index (χ3v) is 30.6. The quantitative estimate of drug-likeness (QED) is 0.0389. The maximum absolute atomic E-state index is 13.0. The highest BCUT2D eigenvalue weighted by molar-refractivity contribution is 7.90. The van der Waals surface area contributed by atoms with Gasteiger partial charge in [0.2, 0.25) is 40.1 Å². The lowest BCUT2D eigenvalue weighted by atomic mass is 10.1. The predicted octanol–water partition coefficient (Wildman–Crippen LogP) is 16.3. The minimum atomic E-state index is -3.67. The summed E-state index contributed by atoms with van der Waals surface area (Å²) in [5.74, 6) is -1.42. The van der Waals surface area contributed by atoms with Gasteiger partial charge in [0.25, 0.3) is 23.6 Å². The van der Waals surface area contributed by atoms with E-state index in [4.69, 9.17) is 51.1 Å². The number of nitrogens with zero attached hydrogens (tertiary/aromatic N) is 9. The number of hydrogen-bond donors (Lipinski definition) is 6. The maximum Gasteiger partial charge on any atom is 0.255 e. The zero-order valence-corrected chi connectivity index (χ0v) is 78.2. The Labute approximate surface area is 782 Å². The SMILES string of the molecule is CC1CN(S(=O)(=O)c2ccc(C(=O)Nc3ccc(Cl)c(-c4ccccn4)c3)cc2)CC(C)N1.CC1CN(S(=O)(=O)c2ccc(C(=O)Nc3ccc(Cl)c(-c4ccccn4)c3)cc2)CC(C)O1.CCN1CCN(S(=O)(=O)c2ccc(C(=O)Nc3ccc(Cl)c(-c4ccccn4)c3)cc2)CC1.O=C(Nc1ccc(Cl)c(-c2ccccn2)c1)c1ccc(S(=O)(=O)N2CCC(O)CC2)cc1. The molecule has 6 N–H and O–H groups in total. The largest absolute Gasteiger partial charge is 0.393 e. The Morgan fingerprint density at radius 2 is 0.618 bits per heavy atom. The van der Waals surface area contributed by atoms with E-state index < -0.39 is 46.2 Å². The molecule has 16 rings (SSSR count). The lowest BCUT2D eigenvalue weighted by molar-refractivity contribution is -0.0440. The zero-order chi connectivity index (χ0) is 93.3. The monoisotopic (exact) mass is 1920 g/mol. The third kappa shape index (κ3) is 25.0. The molecule has 12 aromatic rings. The summed E-state index contributed by atoms with van der Waals surface area (Å²) in [4.78, 5) is 71.0. The molecule has 0 aliphatic carbocycles. The van der Waals surface area contributed by atoms with Gasteiger partial charge in [-0.15, -0.1) is 0 Å². The highest BCUT2D eigenvalue weighted by atomic mass is 35.5. The number of likely N-dealkylation sites (N-methyl/N-ethyl adjacent to an activating group) is 1. The van der Waals surface area contributed by atoms with Gasteiger partial charge in [0.15, 0.2) is 0 Å². The van der Waals surface area contributed by atoms with Crippen LogP contribution in [0.1, 0.15) is 88.9 Å². The van der Waals surface area contributed by atoms with Gasteiger partial charge in [-0.3, -0.25) is 39.1 Å². The molecular weight excluding hydrogens is 1830 g/mol. The molecule has 0 saturated carbocycles. The molecule has 0 bridgehead atoms. The Kier molecular flexibility index (Phi) is 32.7. The van der Waals surface area contributed by atoms with Gasteiger partial charge in [0, 0.05) is 170 Å². The van der Waals surface area contributed by atoms with Crippen molar-refractivity contribution in [2.75, 3.05) is 93.3 Å². The van der Waals surface area contributed by atoms with Gasteiger partial charge < -0.3 is 41.3 Å². The molecule has 0 radical (unpaired) electrons. The van der Waals surface area contributed by atoms with Gasteiger partial charge in [-0.1, -0.05) is 77.6 Å². The summed E-state index contributed by atoms with van der Waals surface area (Å²) in [5, 5.41) is 26.3. The second-order valence-electron chi connectivity index (χ2n) is 31.4. The fourth-order valence-electron chi connectivity index (χ4n) is 15.0. The topological polar surface area (TPSA) is 362 Å². The lowest BCUT2D eigenvalue weighted by Crippen LogP contribution is -2.55. The number of benzene rings is 8. The number of anilines is 4. The van der Waals surface area contributed by atoms with Crippen LogP contribution in [0.3, 0.4) is 0 Å². The van der Waals surface area contributed by atoms with E-state index in [1.165, 1.54) is 114 Å². The molecule has 4 saturated heterocycles. The fourth-order valence-corrected chi connectivity index (χ4v) is 21.9. The molecule has 682 valence electrons. The highest BCUT2D eigenvalue weighted by Gasteiger charge is 2.36. The van der Waals surface area contributed by atoms with Gasteiger partial charge >= 0.3 is 0 Å². The number of aliphatic hydroxyl groups is 1. The molecule has 36 heteroatoms. The van der Waals surface area contributed by atoms with Crippen LogP contribution in [0, 0.1) is 0 Å². The molecule has 0 spiro atoms. The number of morpholine rings is 1. The van der Waals surface area contributed by atoms with Crippen molar-refractivity contribution in [1.82, 2.24) is 47.4 Å². The number of aliphatic hydroxyl groups excluding tert-OH is 1. The molecule has 131 heavy (non-hydrogen) atoms. The van der Waals surface area contributed by atoms with Crippen LogP contribution >= 0.6 is 46.4 Å². The van der Waals surface area contributed by atoms with E-state index in [1.807, 2.05) is 100 Å². The van der Waals surface area contributed by atoms with E-state index in [0.717, 1.165) is 19.6 Å². The third-order valence-electron chi connectivity index (χ3n) is 21.8. The van der Waals surface area contributed by atoms with Crippen molar-refractivity contribution in [2.24, 2.45) is 0 Å². The molecule has 4 atom stereocenters. The number of rotatable bonds is 21. The van der Waals surface area contributed by atoms with Crippen molar-refractivity contribution in [3.8, 4) is 45.0 Å². The van der Waals surface area contributed by atoms with E-state index in [9.17, 15) is 58.0 Å². The van der Waals surface area contributed by atoms with Crippen LogP contribution in [0.5, 0.6) is 0 Å². The minimum absolute atomic E-state index is 0.0731. The molecule has 4 fully saturated rings. The summed E-state index contributed by atoms with van der Waals surface area (Å²) in [5.41, 5.74) is 9.19. The number of hydrogen-bond acceptors (Lipinski definition) is 20. The van der Waals surface area contributed by atoms with Crippen LogP contribution in [-0.2, 0) is 44.8 Å². The number of carbonyl (C=O) groups is 4. The van der Waals surface area contributed by atoms with Crippen LogP contribution in [0.4, 0.5) is 22.7 Å². The summed E-state index contributed by atoms with van der Waals surface area (Å²) < 4.78 is 115. The zero-order valence-electron chi connectivity index (χ0n) is 71.9. The summed E-state index contributed by atoms with van der Waals surface area (Å²) in [6, 6.07) is 66.5. The molecule has 4 aliphatic rings. The van der Waals surface area contributed by atoms with Crippen LogP contribution in [-0.4, -0.2) is 207 Å². The second-order valence-corrected chi connectivity index (χ2v) is 40.8. The number of ether oxygens (including phenoxy) is 1. The van der Waals surface area contributed by atoms with Crippen molar-refractivity contribution in [3.63, 3.8) is 0 Å². The van der Waals surface area contributed by atoms with Crippen molar-refractivity contribution in [3.05, 3.63) is 310 Å². The normalized spacial score (nSPS) is 17.3. The van der Waals surface area contributed by atoms with E-state index in [0.29, 0.717) is 162 Å². The van der Waals surface area contributed by atoms with E-state index in [1.54, 1.807) is 97.6 Å². The summed E-state index contributed by atoms with van der Waals surface area (Å²) in [6.07, 6.45) is 6.71. The molecular formula is C95H96Cl4N14O14S4. The average molecular weight is 1930 g/mol. The number of piperazine rings is 2. The number of aromatic nitrogens is 4. The number of pyridine rings is 4. The van der Waals surface area contributed by atoms with Gasteiger partial charge in [0.1, 0.15) is 0 Å². The van der Waals surface area contributed by atoms with Crippen molar-refractivity contribution in [1.29, 1.82) is 0 Å². The van der Waals surface area contributed by atoms with Gasteiger partial charge in [-0.2, -0.15) is 17.2 Å². The minimum Gasteiger partial charge on any atom is -0.393 e. The number of halogens is 4. The Bertz CT molecular complexity index is 6290. The number of amides is 4. The van der Waals surface area contributed by atoms with Crippen molar-refractivity contribution < 1.29 is 62.7 Å². The first-order valence-electron chi connectivity index (χ1n) is 42.0. The number of nitrogens with one attached hydrogen (secondary N) is 5. The smallest absolute Gasteiger partial charge is 0.255 e. The number of sulfonamides is 4. The van der Waals surface area contributed by atoms with Crippen molar-refractivity contribution >= 4 is 133 Å². The summed E-state index contributed by atoms with van der Waals surface area (Å²) >= 11 is 25.2. The van der Waals surface area contributed by atoms with E-state index >= 15 is 0 Å². The van der Waals surface area contributed by atoms with Gasteiger partial charge in [-0.25, -0.2) is 33.7 Å². The van der Waals surface area contributed by atoms with E-state index in [2.05, 4.69) is 58.3 Å². The first-order chi connectivity index (χ1) is 62.7. The van der Waals surface area contributed by atoms with E-state index in [-0.39, 0.29) is 80.6 Å². The lowest BCUT2D eigenvalue weighted by Gasteiger charge is -2.35. The molecule has 8 heterocycles. The Morgan fingerprint density at radius 3 is 0.878 bits per heavy atom. The Balaban J connectivity index is 0.000000149. The highest BCUT2D eigenvalue weighted by Crippen LogP contribution is 2.36. The second kappa shape index (κ2) is 43.9.